The third-order valence-corrected chi connectivity index (χ3v) is 5.39. The maximum Gasteiger partial charge on any atom is 0.279 e. The molecule has 2 aliphatic heterocycles. The molecule has 8 heteroatoms. The van der Waals surface area contributed by atoms with Crippen LogP contribution in [0.25, 0.3) is 0 Å². The molecule has 2 aliphatic rings. The summed E-state index contributed by atoms with van der Waals surface area (Å²) in [6.07, 6.45) is 1.49. The zero-order valence-electron chi connectivity index (χ0n) is 11.9. The van der Waals surface area contributed by atoms with Crippen molar-refractivity contribution < 1.29 is 17.9 Å². The van der Waals surface area contributed by atoms with E-state index in [1.54, 1.807) is 11.8 Å². The van der Waals surface area contributed by atoms with Crippen LogP contribution in [0.2, 0.25) is 0 Å². The van der Waals surface area contributed by atoms with Gasteiger partial charge in [-0.3, -0.25) is 4.79 Å². The van der Waals surface area contributed by atoms with Crippen molar-refractivity contribution in [2.75, 3.05) is 45.9 Å². The van der Waals surface area contributed by atoms with Crippen molar-refractivity contribution in [2.45, 2.75) is 19.8 Å². The summed E-state index contributed by atoms with van der Waals surface area (Å²) >= 11 is 0. The molecule has 20 heavy (non-hydrogen) atoms. The van der Waals surface area contributed by atoms with Crippen molar-refractivity contribution >= 4 is 16.1 Å². The standard InChI is InChI=1S/C12H23N3O4S/c1-2-13-20(17,18)15-5-3-4-11(10-15)12(16)14-6-8-19-9-7-14/h11,13H,2-10H2,1H3. The Balaban J connectivity index is 1.97. The fourth-order valence-corrected chi connectivity index (χ4v) is 3.97. The van der Waals surface area contributed by atoms with Gasteiger partial charge < -0.3 is 9.64 Å². The van der Waals surface area contributed by atoms with Gasteiger partial charge in [-0.1, -0.05) is 6.92 Å². The molecule has 116 valence electrons. The summed E-state index contributed by atoms with van der Waals surface area (Å²) < 4.78 is 33.1. The Bertz CT molecular complexity index is 434. The van der Waals surface area contributed by atoms with Crippen LogP contribution in [-0.2, 0) is 19.7 Å². The van der Waals surface area contributed by atoms with Crippen molar-refractivity contribution in [3.05, 3.63) is 0 Å². The maximum absolute atomic E-state index is 12.4. The molecule has 1 unspecified atom stereocenters. The molecule has 1 N–H and O–H groups in total. The number of piperidine rings is 1. The van der Waals surface area contributed by atoms with Gasteiger partial charge in [0.15, 0.2) is 0 Å². The zero-order chi connectivity index (χ0) is 14.6. The number of hydrogen-bond donors (Lipinski definition) is 1. The Kier molecular flexibility index (Phi) is 5.36. The van der Waals surface area contributed by atoms with Gasteiger partial charge in [0, 0.05) is 32.7 Å². The second-order valence-electron chi connectivity index (χ2n) is 5.14. The van der Waals surface area contributed by atoms with Crippen LogP contribution in [0.1, 0.15) is 19.8 Å². The van der Waals surface area contributed by atoms with E-state index in [1.807, 2.05) is 0 Å². The highest BCUT2D eigenvalue weighted by Crippen LogP contribution is 2.21. The van der Waals surface area contributed by atoms with E-state index in [1.165, 1.54) is 4.31 Å². The van der Waals surface area contributed by atoms with Crippen molar-refractivity contribution in [1.29, 1.82) is 0 Å². The van der Waals surface area contributed by atoms with Gasteiger partial charge in [0.1, 0.15) is 0 Å². The van der Waals surface area contributed by atoms with Crippen LogP contribution >= 0.6 is 0 Å². The van der Waals surface area contributed by atoms with Crippen LogP contribution in [0, 0.1) is 5.92 Å². The molecule has 0 aromatic heterocycles. The SMILES string of the molecule is CCNS(=O)(=O)N1CCCC(C(=O)N2CCOCC2)C1. The first-order chi connectivity index (χ1) is 9.54. The predicted molar refractivity (Wildman–Crippen MR) is 74.3 cm³/mol. The highest BCUT2D eigenvalue weighted by molar-refractivity contribution is 7.87. The first-order valence-corrected chi connectivity index (χ1v) is 8.60. The summed E-state index contributed by atoms with van der Waals surface area (Å²) in [6.45, 7) is 5.23. The molecule has 0 bridgehead atoms. The highest BCUT2D eigenvalue weighted by Gasteiger charge is 2.34. The van der Waals surface area contributed by atoms with Gasteiger partial charge in [-0.25, -0.2) is 4.72 Å². The summed E-state index contributed by atoms with van der Waals surface area (Å²) in [6, 6.07) is 0. The van der Waals surface area contributed by atoms with E-state index < -0.39 is 10.2 Å². The molecule has 2 fully saturated rings. The van der Waals surface area contributed by atoms with Crippen LogP contribution in [0.3, 0.4) is 0 Å². The smallest absolute Gasteiger partial charge is 0.279 e. The lowest BCUT2D eigenvalue weighted by Crippen LogP contribution is -2.51. The van der Waals surface area contributed by atoms with E-state index in [9.17, 15) is 13.2 Å². The van der Waals surface area contributed by atoms with Crippen LogP contribution in [0.15, 0.2) is 0 Å². The van der Waals surface area contributed by atoms with Crippen molar-refractivity contribution in [3.8, 4) is 0 Å². The molecule has 0 aromatic rings. The fourth-order valence-electron chi connectivity index (χ4n) is 2.68. The van der Waals surface area contributed by atoms with Gasteiger partial charge in [-0.2, -0.15) is 12.7 Å². The number of morpholine rings is 1. The van der Waals surface area contributed by atoms with Crippen LogP contribution in [-0.4, -0.2) is 69.5 Å². The summed E-state index contributed by atoms with van der Waals surface area (Å²) in [4.78, 5) is 14.2. The van der Waals surface area contributed by atoms with Gasteiger partial charge in [-0.15, -0.1) is 0 Å². The monoisotopic (exact) mass is 305 g/mol. The molecule has 1 amide bonds. The molecule has 0 radical (unpaired) electrons. The Morgan fingerprint density at radius 1 is 1.30 bits per heavy atom. The average molecular weight is 305 g/mol. The van der Waals surface area contributed by atoms with E-state index >= 15 is 0 Å². The molecular formula is C12H23N3O4S. The summed E-state index contributed by atoms with van der Waals surface area (Å²) in [5.74, 6) is -0.167. The Hall–Kier alpha value is -0.700. The van der Waals surface area contributed by atoms with Crippen molar-refractivity contribution in [1.82, 2.24) is 13.9 Å². The van der Waals surface area contributed by atoms with Crippen molar-refractivity contribution in [3.63, 3.8) is 0 Å². The molecule has 2 heterocycles. The number of hydrogen-bond acceptors (Lipinski definition) is 4. The lowest BCUT2D eigenvalue weighted by molar-refractivity contribution is -0.140. The van der Waals surface area contributed by atoms with E-state index in [0.29, 0.717) is 39.4 Å². The summed E-state index contributed by atoms with van der Waals surface area (Å²) in [5, 5.41) is 0. The number of nitrogens with zero attached hydrogens (tertiary/aromatic N) is 2. The normalized spacial score (nSPS) is 25.6. The number of carbonyl (C=O) groups is 1. The first kappa shape index (κ1) is 15.7. The molecule has 2 rings (SSSR count). The fraction of sp³-hybridized carbons (Fsp3) is 0.917. The third-order valence-electron chi connectivity index (χ3n) is 3.72. The molecular weight excluding hydrogens is 282 g/mol. The Morgan fingerprint density at radius 2 is 2.00 bits per heavy atom. The van der Waals surface area contributed by atoms with E-state index in [0.717, 1.165) is 12.8 Å². The minimum absolute atomic E-state index is 0.0599. The highest BCUT2D eigenvalue weighted by atomic mass is 32.2. The molecule has 0 saturated carbocycles. The van der Waals surface area contributed by atoms with Gasteiger partial charge in [0.05, 0.1) is 19.1 Å². The van der Waals surface area contributed by atoms with Gasteiger partial charge in [0.25, 0.3) is 10.2 Å². The minimum Gasteiger partial charge on any atom is -0.378 e. The summed E-state index contributed by atoms with van der Waals surface area (Å²) in [5.41, 5.74) is 0. The second kappa shape index (κ2) is 6.84. The Labute approximate surface area is 120 Å². The summed E-state index contributed by atoms with van der Waals surface area (Å²) in [7, 11) is -3.44. The minimum atomic E-state index is -3.44. The molecule has 1 atom stereocenters. The van der Waals surface area contributed by atoms with E-state index in [-0.39, 0.29) is 18.4 Å². The second-order valence-corrected chi connectivity index (χ2v) is 6.89. The number of ether oxygens (including phenoxy) is 1. The van der Waals surface area contributed by atoms with Gasteiger partial charge >= 0.3 is 0 Å². The van der Waals surface area contributed by atoms with E-state index in [2.05, 4.69) is 4.72 Å². The van der Waals surface area contributed by atoms with Crippen LogP contribution in [0.5, 0.6) is 0 Å². The third kappa shape index (κ3) is 3.69. The van der Waals surface area contributed by atoms with E-state index in [4.69, 9.17) is 4.74 Å². The zero-order valence-corrected chi connectivity index (χ0v) is 12.7. The van der Waals surface area contributed by atoms with Gasteiger partial charge in [-0.05, 0) is 12.8 Å². The quantitative estimate of drug-likeness (QED) is 0.753. The molecule has 0 spiro atoms. The lowest BCUT2D eigenvalue weighted by atomic mass is 9.98. The molecule has 7 nitrogen and oxygen atoms in total. The largest absolute Gasteiger partial charge is 0.378 e. The maximum atomic E-state index is 12.4. The molecule has 0 aromatic carbocycles. The topological polar surface area (TPSA) is 79.0 Å². The number of nitrogens with one attached hydrogen (secondary N) is 1. The Morgan fingerprint density at radius 3 is 2.65 bits per heavy atom. The number of rotatable bonds is 4. The van der Waals surface area contributed by atoms with Gasteiger partial charge in [0.2, 0.25) is 5.91 Å². The number of amides is 1. The van der Waals surface area contributed by atoms with Crippen LogP contribution < -0.4 is 4.72 Å². The first-order valence-electron chi connectivity index (χ1n) is 7.16. The number of carbonyl (C=O) groups excluding carboxylic acids is 1. The average Bonchev–Trinajstić information content (AvgIpc) is 2.47. The molecule has 0 aliphatic carbocycles. The predicted octanol–water partition coefficient (Wildman–Crippen LogP) is -0.588. The van der Waals surface area contributed by atoms with Crippen LogP contribution in [0.4, 0.5) is 0 Å². The van der Waals surface area contributed by atoms with Crippen molar-refractivity contribution in [2.24, 2.45) is 5.92 Å². The lowest BCUT2D eigenvalue weighted by Gasteiger charge is -2.35. The molecule has 2 saturated heterocycles.